The van der Waals surface area contributed by atoms with Gasteiger partial charge in [-0.15, -0.1) is 11.3 Å². The van der Waals surface area contributed by atoms with Crippen LogP contribution in [-0.2, 0) is 6.54 Å². The highest BCUT2D eigenvalue weighted by Crippen LogP contribution is 2.33. The Labute approximate surface area is 170 Å². The van der Waals surface area contributed by atoms with E-state index in [9.17, 15) is 4.79 Å². The van der Waals surface area contributed by atoms with Crippen molar-refractivity contribution < 1.29 is 4.79 Å². The molecule has 0 unspecified atom stereocenters. The first-order chi connectivity index (χ1) is 13.6. The van der Waals surface area contributed by atoms with Crippen LogP contribution in [-0.4, -0.2) is 25.7 Å². The topological polar surface area (TPSA) is 72.7 Å². The lowest BCUT2D eigenvalue weighted by Gasteiger charge is -2.06. The molecule has 6 nitrogen and oxygen atoms in total. The summed E-state index contributed by atoms with van der Waals surface area (Å²) in [6.07, 6.45) is 3.17. The second kappa shape index (κ2) is 7.92. The standard InChI is InChI=1S/C20H16ClN5OS/c1-13-18(28-20(24-13)16-4-2-3-5-17(16)21)19(27)25-15-8-6-14(7-9-15)10-26-12-22-11-23-26/h2-9,11-12H,10H2,1H3,(H,25,27). The van der Waals surface area contributed by atoms with Crippen molar-refractivity contribution in [3.63, 3.8) is 0 Å². The molecule has 140 valence electrons. The molecule has 0 bridgehead atoms. The number of anilines is 1. The van der Waals surface area contributed by atoms with Gasteiger partial charge in [0, 0.05) is 11.3 Å². The number of nitrogens with one attached hydrogen (secondary N) is 1. The fourth-order valence-electron chi connectivity index (χ4n) is 2.74. The molecule has 0 aliphatic carbocycles. The summed E-state index contributed by atoms with van der Waals surface area (Å²) in [7, 11) is 0. The van der Waals surface area contributed by atoms with Gasteiger partial charge in [-0.3, -0.25) is 4.79 Å². The van der Waals surface area contributed by atoms with Crippen LogP contribution in [0.4, 0.5) is 5.69 Å². The lowest BCUT2D eigenvalue weighted by molar-refractivity contribution is 0.103. The third-order valence-corrected chi connectivity index (χ3v) is 5.65. The summed E-state index contributed by atoms with van der Waals surface area (Å²) >= 11 is 7.59. The van der Waals surface area contributed by atoms with Crippen LogP contribution in [0.5, 0.6) is 0 Å². The van der Waals surface area contributed by atoms with Crippen LogP contribution in [0.15, 0.2) is 61.2 Å². The average molecular weight is 410 g/mol. The summed E-state index contributed by atoms with van der Waals surface area (Å²) < 4.78 is 1.74. The van der Waals surface area contributed by atoms with Crippen molar-refractivity contribution in [3.8, 4) is 10.6 Å². The molecule has 0 saturated carbocycles. The lowest BCUT2D eigenvalue weighted by Crippen LogP contribution is -2.11. The SMILES string of the molecule is Cc1nc(-c2ccccc2Cl)sc1C(=O)Nc1ccc(Cn2cncn2)cc1. The van der Waals surface area contributed by atoms with E-state index in [4.69, 9.17) is 11.6 Å². The molecule has 2 aromatic heterocycles. The average Bonchev–Trinajstić information content (AvgIpc) is 3.33. The Bertz CT molecular complexity index is 1110. The highest BCUT2D eigenvalue weighted by atomic mass is 35.5. The Hall–Kier alpha value is -3.03. The van der Waals surface area contributed by atoms with Gasteiger partial charge in [-0.05, 0) is 30.7 Å². The third-order valence-electron chi connectivity index (χ3n) is 4.13. The zero-order valence-electron chi connectivity index (χ0n) is 15.0. The van der Waals surface area contributed by atoms with Gasteiger partial charge in [0.15, 0.2) is 0 Å². The van der Waals surface area contributed by atoms with E-state index < -0.39 is 0 Å². The minimum Gasteiger partial charge on any atom is -0.321 e. The summed E-state index contributed by atoms with van der Waals surface area (Å²) in [6, 6.07) is 15.1. The molecule has 0 aliphatic heterocycles. The van der Waals surface area contributed by atoms with E-state index in [1.54, 1.807) is 11.0 Å². The molecule has 0 aliphatic rings. The van der Waals surface area contributed by atoms with Gasteiger partial charge in [-0.2, -0.15) is 5.10 Å². The predicted molar refractivity (Wildman–Crippen MR) is 111 cm³/mol. The summed E-state index contributed by atoms with van der Waals surface area (Å²) in [4.78, 5) is 21.7. The number of hydrogen-bond acceptors (Lipinski definition) is 5. The van der Waals surface area contributed by atoms with Crippen molar-refractivity contribution in [3.05, 3.63) is 82.3 Å². The first kappa shape index (κ1) is 18.3. The Kier molecular flexibility index (Phi) is 5.18. The van der Waals surface area contributed by atoms with Crippen molar-refractivity contribution in [2.75, 3.05) is 5.32 Å². The van der Waals surface area contributed by atoms with E-state index in [0.717, 1.165) is 21.8 Å². The molecule has 0 atom stereocenters. The number of carbonyl (C=O) groups excluding carboxylic acids is 1. The number of carbonyl (C=O) groups is 1. The zero-order valence-corrected chi connectivity index (χ0v) is 16.5. The number of amides is 1. The lowest BCUT2D eigenvalue weighted by atomic mass is 10.2. The molecule has 28 heavy (non-hydrogen) atoms. The number of aryl methyl sites for hydroxylation is 1. The molecular weight excluding hydrogens is 394 g/mol. The quantitative estimate of drug-likeness (QED) is 0.520. The van der Waals surface area contributed by atoms with E-state index in [-0.39, 0.29) is 5.91 Å². The number of nitrogens with zero attached hydrogens (tertiary/aromatic N) is 4. The first-order valence-electron chi connectivity index (χ1n) is 8.55. The van der Waals surface area contributed by atoms with Crippen LogP contribution >= 0.6 is 22.9 Å². The maximum atomic E-state index is 12.7. The summed E-state index contributed by atoms with van der Waals surface area (Å²) in [6.45, 7) is 2.45. The fraction of sp³-hybridized carbons (Fsp3) is 0.100. The Morgan fingerprint density at radius 1 is 1.18 bits per heavy atom. The number of halogens is 1. The molecular formula is C20H16ClN5OS. The van der Waals surface area contributed by atoms with Gasteiger partial charge in [0.1, 0.15) is 22.5 Å². The number of hydrogen-bond donors (Lipinski definition) is 1. The molecule has 1 amide bonds. The van der Waals surface area contributed by atoms with E-state index in [1.807, 2.05) is 55.5 Å². The van der Waals surface area contributed by atoms with Crippen molar-refractivity contribution in [1.29, 1.82) is 0 Å². The van der Waals surface area contributed by atoms with Crippen LogP contribution in [0.25, 0.3) is 10.6 Å². The van der Waals surface area contributed by atoms with Gasteiger partial charge in [-0.25, -0.2) is 14.6 Å². The van der Waals surface area contributed by atoms with Gasteiger partial charge in [0.05, 0.1) is 17.3 Å². The van der Waals surface area contributed by atoms with Gasteiger partial charge in [-0.1, -0.05) is 41.9 Å². The summed E-state index contributed by atoms with van der Waals surface area (Å²) in [5.41, 5.74) is 3.30. The number of thiazole rings is 1. The number of benzene rings is 2. The third kappa shape index (κ3) is 3.95. The summed E-state index contributed by atoms with van der Waals surface area (Å²) in [5, 5.41) is 8.36. The largest absolute Gasteiger partial charge is 0.321 e. The normalized spacial score (nSPS) is 10.8. The monoisotopic (exact) mass is 409 g/mol. The molecule has 1 N–H and O–H groups in total. The predicted octanol–water partition coefficient (Wildman–Crippen LogP) is 4.66. The Balaban J connectivity index is 1.49. The molecule has 0 saturated heterocycles. The van der Waals surface area contributed by atoms with Gasteiger partial charge < -0.3 is 5.32 Å². The highest BCUT2D eigenvalue weighted by molar-refractivity contribution is 7.17. The molecule has 0 spiro atoms. The van der Waals surface area contributed by atoms with E-state index >= 15 is 0 Å². The molecule has 8 heteroatoms. The number of aromatic nitrogens is 4. The smallest absolute Gasteiger partial charge is 0.267 e. The van der Waals surface area contributed by atoms with Gasteiger partial charge >= 0.3 is 0 Å². The van der Waals surface area contributed by atoms with Crippen molar-refractivity contribution in [2.45, 2.75) is 13.5 Å². The Morgan fingerprint density at radius 3 is 2.68 bits per heavy atom. The van der Waals surface area contributed by atoms with E-state index in [1.165, 1.54) is 17.7 Å². The van der Waals surface area contributed by atoms with Gasteiger partial charge in [0.2, 0.25) is 0 Å². The fourth-order valence-corrected chi connectivity index (χ4v) is 4.02. The van der Waals surface area contributed by atoms with Crippen molar-refractivity contribution in [2.24, 2.45) is 0 Å². The van der Waals surface area contributed by atoms with E-state index in [0.29, 0.717) is 22.1 Å². The van der Waals surface area contributed by atoms with Crippen molar-refractivity contribution >= 4 is 34.5 Å². The molecule has 4 aromatic rings. The molecule has 0 radical (unpaired) electrons. The minimum absolute atomic E-state index is 0.183. The maximum Gasteiger partial charge on any atom is 0.267 e. The van der Waals surface area contributed by atoms with Crippen LogP contribution in [0.3, 0.4) is 0 Å². The molecule has 4 rings (SSSR count). The highest BCUT2D eigenvalue weighted by Gasteiger charge is 2.17. The van der Waals surface area contributed by atoms with E-state index in [2.05, 4.69) is 20.4 Å². The van der Waals surface area contributed by atoms with Crippen molar-refractivity contribution in [1.82, 2.24) is 19.7 Å². The first-order valence-corrected chi connectivity index (χ1v) is 9.74. The zero-order chi connectivity index (χ0) is 19.5. The van der Waals surface area contributed by atoms with Crippen LogP contribution < -0.4 is 5.32 Å². The second-order valence-electron chi connectivity index (χ2n) is 6.16. The molecule has 2 heterocycles. The molecule has 0 fully saturated rings. The maximum absolute atomic E-state index is 12.7. The van der Waals surface area contributed by atoms with Crippen LogP contribution in [0, 0.1) is 6.92 Å². The minimum atomic E-state index is -0.183. The van der Waals surface area contributed by atoms with Gasteiger partial charge in [0.25, 0.3) is 5.91 Å². The number of rotatable bonds is 5. The molecule has 2 aromatic carbocycles. The van der Waals surface area contributed by atoms with Crippen LogP contribution in [0.1, 0.15) is 20.9 Å². The second-order valence-corrected chi connectivity index (χ2v) is 7.56. The van der Waals surface area contributed by atoms with Crippen LogP contribution in [0.2, 0.25) is 5.02 Å². The summed E-state index contributed by atoms with van der Waals surface area (Å²) in [5.74, 6) is -0.183. The Morgan fingerprint density at radius 2 is 1.96 bits per heavy atom.